The van der Waals surface area contributed by atoms with Gasteiger partial charge in [0.15, 0.2) is 0 Å². The van der Waals surface area contributed by atoms with E-state index in [0.717, 1.165) is 0 Å². The van der Waals surface area contributed by atoms with Gasteiger partial charge in [-0.15, -0.1) is 0 Å². The summed E-state index contributed by atoms with van der Waals surface area (Å²) in [5, 5.41) is 8.24. The van der Waals surface area contributed by atoms with Gasteiger partial charge in [-0.3, -0.25) is 0 Å². The maximum absolute atomic E-state index is 4.12. The third-order valence-electron chi connectivity index (χ3n) is 7.47. The number of nitrogens with one attached hydrogen (secondary N) is 2. The Kier molecular flexibility index (Phi) is 8.90. The first-order valence-corrected chi connectivity index (χ1v) is 13.5. The molecule has 0 aliphatic heterocycles. The lowest BCUT2D eigenvalue weighted by molar-refractivity contribution is 0.332. The summed E-state index contributed by atoms with van der Waals surface area (Å²) in [6, 6.07) is 13.8. The lowest BCUT2D eigenvalue weighted by atomic mass is 9.85. The maximum Gasteiger partial charge on any atom is 0.0992 e. The summed E-state index contributed by atoms with van der Waals surface area (Å²) < 4.78 is 0. The Balaban J connectivity index is 2.08. The van der Waals surface area contributed by atoms with Crippen LogP contribution in [0.15, 0.2) is 36.4 Å². The quantitative estimate of drug-likeness (QED) is 0.373. The maximum atomic E-state index is 4.12. The molecule has 2 N–H and O–H groups in total. The standard InChI is InChI=1S/C31H48N2/c1-20(2)25-16-12-17-26(21(3)4)29(25)32-31(24-14-10-9-11-15-24)33-30-27(22(5)6)18-13-19-28(30)23(7)8/h12-13,16-24,31-33H,9-11,14-15H2,1-8H3. The van der Waals surface area contributed by atoms with Gasteiger partial charge in [0.25, 0.3) is 0 Å². The van der Waals surface area contributed by atoms with Crippen LogP contribution in [0.25, 0.3) is 0 Å². The van der Waals surface area contributed by atoms with E-state index in [2.05, 4.69) is 102 Å². The van der Waals surface area contributed by atoms with Gasteiger partial charge in [0.1, 0.15) is 0 Å². The van der Waals surface area contributed by atoms with Gasteiger partial charge in [-0.05, 0) is 64.7 Å². The number of hydrogen-bond acceptors (Lipinski definition) is 2. The first-order chi connectivity index (χ1) is 15.7. The van der Waals surface area contributed by atoms with Crippen molar-refractivity contribution in [1.29, 1.82) is 0 Å². The molecule has 2 aromatic carbocycles. The van der Waals surface area contributed by atoms with E-state index in [4.69, 9.17) is 0 Å². The van der Waals surface area contributed by atoms with E-state index >= 15 is 0 Å². The molecular formula is C31H48N2. The topological polar surface area (TPSA) is 24.1 Å². The van der Waals surface area contributed by atoms with Gasteiger partial charge >= 0.3 is 0 Å². The van der Waals surface area contributed by atoms with Crippen LogP contribution in [0.5, 0.6) is 0 Å². The number of para-hydroxylation sites is 2. The molecule has 0 unspecified atom stereocenters. The lowest BCUT2D eigenvalue weighted by Crippen LogP contribution is -2.39. The Bertz CT molecular complexity index is 770. The normalized spacial score (nSPS) is 15.3. The summed E-state index contributed by atoms with van der Waals surface area (Å²) in [5.41, 5.74) is 8.46. The number of hydrogen-bond donors (Lipinski definition) is 2. The molecule has 3 rings (SSSR count). The molecule has 1 saturated carbocycles. The highest BCUT2D eigenvalue weighted by atomic mass is 15.1. The minimum atomic E-state index is 0.236. The van der Waals surface area contributed by atoms with Crippen LogP contribution in [-0.2, 0) is 0 Å². The molecule has 1 aliphatic carbocycles. The average molecular weight is 449 g/mol. The molecule has 0 saturated heterocycles. The van der Waals surface area contributed by atoms with Crippen molar-refractivity contribution in [2.45, 2.75) is 117 Å². The summed E-state index contributed by atoms with van der Waals surface area (Å²) in [7, 11) is 0. The molecule has 0 bridgehead atoms. The van der Waals surface area contributed by atoms with E-state index in [9.17, 15) is 0 Å². The number of anilines is 2. The largest absolute Gasteiger partial charge is 0.365 e. The van der Waals surface area contributed by atoms with Crippen molar-refractivity contribution in [3.8, 4) is 0 Å². The van der Waals surface area contributed by atoms with Crippen molar-refractivity contribution in [1.82, 2.24) is 0 Å². The lowest BCUT2D eigenvalue weighted by Gasteiger charge is -2.36. The molecule has 182 valence electrons. The molecule has 0 aromatic heterocycles. The van der Waals surface area contributed by atoms with Gasteiger partial charge in [-0.25, -0.2) is 0 Å². The molecule has 0 atom stereocenters. The van der Waals surface area contributed by atoms with Gasteiger partial charge in [-0.1, -0.05) is 111 Å². The summed E-state index contributed by atoms with van der Waals surface area (Å²) >= 11 is 0. The van der Waals surface area contributed by atoms with E-state index in [0.29, 0.717) is 29.6 Å². The average Bonchev–Trinajstić information content (AvgIpc) is 2.78. The summed E-state index contributed by atoms with van der Waals surface area (Å²) in [6.07, 6.45) is 6.90. The highest BCUT2D eigenvalue weighted by molar-refractivity contribution is 5.65. The van der Waals surface area contributed by atoms with Crippen LogP contribution in [0.3, 0.4) is 0 Å². The summed E-state index contributed by atoms with van der Waals surface area (Å²) in [4.78, 5) is 0. The van der Waals surface area contributed by atoms with Crippen molar-refractivity contribution in [2.75, 3.05) is 10.6 Å². The van der Waals surface area contributed by atoms with Crippen molar-refractivity contribution < 1.29 is 0 Å². The zero-order valence-corrected chi connectivity index (χ0v) is 22.5. The SMILES string of the molecule is CC(C)c1cccc(C(C)C)c1NC(Nc1c(C(C)C)cccc1C(C)C)C1CCCCC1. The molecule has 1 aliphatic rings. The first kappa shape index (κ1) is 25.7. The zero-order valence-electron chi connectivity index (χ0n) is 22.5. The monoisotopic (exact) mass is 448 g/mol. The van der Waals surface area contributed by atoms with Crippen molar-refractivity contribution in [3.63, 3.8) is 0 Å². The zero-order chi connectivity index (χ0) is 24.1. The van der Waals surface area contributed by atoms with E-state index in [1.165, 1.54) is 65.7 Å². The van der Waals surface area contributed by atoms with E-state index in [1.54, 1.807) is 0 Å². The molecule has 1 fully saturated rings. The van der Waals surface area contributed by atoms with Gasteiger partial charge in [0.05, 0.1) is 6.17 Å². The minimum absolute atomic E-state index is 0.236. The van der Waals surface area contributed by atoms with Crippen molar-refractivity contribution in [3.05, 3.63) is 58.7 Å². The molecule has 0 radical (unpaired) electrons. The highest BCUT2D eigenvalue weighted by Crippen LogP contribution is 2.38. The summed E-state index contributed by atoms with van der Waals surface area (Å²) in [5.74, 6) is 2.61. The third kappa shape index (κ3) is 6.14. The molecule has 0 heterocycles. The van der Waals surface area contributed by atoms with Crippen LogP contribution in [0.1, 0.15) is 133 Å². The van der Waals surface area contributed by atoms with Crippen LogP contribution < -0.4 is 10.6 Å². The Morgan fingerprint density at radius 2 is 0.879 bits per heavy atom. The fourth-order valence-electron chi connectivity index (χ4n) is 5.49. The Morgan fingerprint density at radius 3 is 1.18 bits per heavy atom. The van der Waals surface area contributed by atoms with Crippen molar-refractivity contribution in [2.24, 2.45) is 5.92 Å². The van der Waals surface area contributed by atoms with E-state index in [-0.39, 0.29) is 6.17 Å². The van der Waals surface area contributed by atoms with Gasteiger partial charge < -0.3 is 10.6 Å². The molecule has 33 heavy (non-hydrogen) atoms. The molecular weight excluding hydrogens is 400 g/mol. The molecule has 0 amide bonds. The van der Waals surface area contributed by atoms with Crippen LogP contribution in [0.2, 0.25) is 0 Å². The number of benzene rings is 2. The fraction of sp³-hybridized carbons (Fsp3) is 0.613. The van der Waals surface area contributed by atoms with Crippen molar-refractivity contribution >= 4 is 11.4 Å². The second-order valence-corrected chi connectivity index (χ2v) is 11.4. The van der Waals surface area contributed by atoms with Crippen LogP contribution >= 0.6 is 0 Å². The first-order valence-electron chi connectivity index (χ1n) is 13.5. The second-order valence-electron chi connectivity index (χ2n) is 11.4. The predicted molar refractivity (Wildman–Crippen MR) is 147 cm³/mol. The van der Waals surface area contributed by atoms with E-state index in [1.807, 2.05) is 0 Å². The van der Waals surface area contributed by atoms with Gasteiger partial charge in [0, 0.05) is 11.4 Å². The van der Waals surface area contributed by atoms with Crippen LogP contribution in [0, 0.1) is 5.92 Å². The molecule has 0 spiro atoms. The highest BCUT2D eigenvalue weighted by Gasteiger charge is 2.28. The second kappa shape index (κ2) is 11.4. The molecule has 2 nitrogen and oxygen atoms in total. The van der Waals surface area contributed by atoms with Crippen LogP contribution in [-0.4, -0.2) is 6.17 Å². The van der Waals surface area contributed by atoms with E-state index < -0.39 is 0 Å². The fourth-order valence-corrected chi connectivity index (χ4v) is 5.49. The Morgan fingerprint density at radius 1 is 0.545 bits per heavy atom. The predicted octanol–water partition coefficient (Wildman–Crippen LogP) is 9.61. The van der Waals surface area contributed by atoms with Gasteiger partial charge in [-0.2, -0.15) is 0 Å². The smallest absolute Gasteiger partial charge is 0.0992 e. The Labute approximate surface area is 204 Å². The third-order valence-corrected chi connectivity index (χ3v) is 7.47. The molecule has 2 aromatic rings. The summed E-state index contributed by atoms with van der Waals surface area (Å²) in [6.45, 7) is 18.5. The number of rotatable bonds is 9. The minimum Gasteiger partial charge on any atom is -0.365 e. The Hall–Kier alpha value is -1.96. The van der Waals surface area contributed by atoms with Crippen LogP contribution in [0.4, 0.5) is 11.4 Å². The molecule has 2 heteroatoms. The van der Waals surface area contributed by atoms with Gasteiger partial charge in [0.2, 0.25) is 0 Å².